The second kappa shape index (κ2) is 11.7. The summed E-state index contributed by atoms with van der Waals surface area (Å²) in [5.41, 5.74) is 1.95. The number of hydrogen-bond donors (Lipinski definition) is 2. The Labute approximate surface area is 199 Å². The molecule has 1 aromatic heterocycles. The van der Waals surface area contributed by atoms with E-state index in [1.165, 1.54) is 43.8 Å². The zero-order valence-electron chi connectivity index (χ0n) is 18.7. The van der Waals surface area contributed by atoms with E-state index in [9.17, 15) is 14.4 Å². The highest BCUT2D eigenvalue weighted by Crippen LogP contribution is 2.30. The molecular weight excluding hydrogens is 462 g/mol. The molecule has 10 nitrogen and oxygen atoms in total. The molecule has 2 aromatic carbocycles. The molecule has 0 aliphatic carbocycles. The average Bonchev–Trinajstić information content (AvgIpc) is 3.34. The Morgan fingerprint density at radius 1 is 0.971 bits per heavy atom. The third-order valence-electron chi connectivity index (χ3n) is 4.55. The summed E-state index contributed by atoms with van der Waals surface area (Å²) >= 11 is 1.30. The van der Waals surface area contributed by atoms with Crippen LogP contribution in [0.3, 0.4) is 0 Å². The Morgan fingerprint density at radius 2 is 1.74 bits per heavy atom. The van der Waals surface area contributed by atoms with E-state index < -0.39 is 11.9 Å². The summed E-state index contributed by atoms with van der Waals surface area (Å²) in [4.78, 5) is 40.0. The third-order valence-corrected chi connectivity index (χ3v) is 5.31. The summed E-state index contributed by atoms with van der Waals surface area (Å²) in [6, 6.07) is 12.0. The van der Waals surface area contributed by atoms with Gasteiger partial charge in [-0.15, -0.1) is 11.3 Å². The van der Waals surface area contributed by atoms with Crippen molar-refractivity contribution in [3.8, 4) is 28.5 Å². The number of nitrogens with zero attached hydrogens (tertiary/aromatic N) is 1. The first-order valence-corrected chi connectivity index (χ1v) is 10.9. The van der Waals surface area contributed by atoms with Crippen molar-refractivity contribution < 1.29 is 33.3 Å². The lowest BCUT2D eigenvalue weighted by Crippen LogP contribution is -2.33. The van der Waals surface area contributed by atoms with Crippen molar-refractivity contribution in [2.45, 2.75) is 0 Å². The second-order valence-corrected chi connectivity index (χ2v) is 7.59. The van der Waals surface area contributed by atoms with E-state index in [2.05, 4.69) is 20.4 Å². The monoisotopic (exact) mass is 485 g/mol. The summed E-state index contributed by atoms with van der Waals surface area (Å²) in [6.45, 7) is -0.599. The maximum Gasteiger partial charge on any atom is 0.325 e. The van der Waals surface area contributed by atoms with Crippen molar-refractivity contribution in [1.29, 1.82) is 0 Å². The van der Waals surface area contributed by atoms with Gasteiger partial charge in [0.1, 0.15) is 12.3 Å². The van der Waals surface area contributed by atoms with Gasteiger partial charge in [-0.3, -0.25) is 19.7 Å². The molecule has 3 rings (SSSR count). The first kappa shape index (κ1) is 24.5. The Hall–Kier alpha value is -4.12. The van der Waals surface area contributed by atoms with Crippen molar-refractivity contribution in [2.24, 2.45) is 0 Å². The molecule has 178 valence electrons. The number of aromatic nitrogens is 1. The van der Waals surface area contributed by atoms with Crippen LogP contribution in [0.1, 0.15) is 10.4 Å². The van der Waals surface area contributed by atoms with Crippen molar-refractivity contribution >= 4 is 34.3 Å². The maximum absolute atomic E-state index is 12.7. The largest absolute Gasteiger partial charge is 0.497 e. The number of carbonyl (C=O) groups is 3. The first-order chi connectivity index (χ1) is 16.4. The molecule has 0 aliphatic heterocycles. The summed E-state index contributed by atoms with van der Waals surface area (Å²) in [5, 5.41) is 7.42. The van der Waals surface area contributed by atoms with E-state index in [0.717, 1.165) is 17.0 Å². The number of hydrogen-bond acceptors (Lipinski definition) is 9. The van der Waals surface area contributed by atoms with Crippen LogP contribution in [0, 0.1) is 0 Å². The highest BCUT2D eigenvalue weighted by Gasteiger charge is 2.15. The predicted molar refractivity (Wildman–Crippen MR) is 126 cm³/mol. The first-order valence-electron chi connectivity index (χ1n) is 9.99. The quantitative estimate of drug-likeness (QED) is 0.420. The molecule has 1 heterocycles. The van der Waals surface area contributed by atoms with Gasteiger partial charge in [0.2, 0.25) is 0 Å². The number of ether oxygens (including phenoxy) is 4. The SMILES string of the molecule is COC(=O)CNC(=O)COc1ccc(C(=O)Nc2nc(-c3ccc(OC)cc3)cs2)cc1OC. The van der Waals surface area contributed by atoms with Crippen molar-refractivity contribution in [2.75, 3.05) is 39.8 Å². The number of carbonyl (C=O) groups excluding carboxylic acids is 3. The highest BCUT2D eigenvalue weighted by atomic mass is 32.1. The number of benzene rings is 2. The number of nitrogens with one attached hydrogen (secondary N) is 2. The zero-order valence-corrected chi connectivity index (χ0v) is 19.6. The summed E-state index contributed by atoms with van der Waals surface area (Å²) in [7, 11) is 4.24. The van der Waals surface area contributed by atoms with Crippen LogP contribution < -0.4 is 24.8 Å². The van der Waals surface area contributed by atoms with Gasteiger partial charge in [-0.1, -0.05) is 0 Å². The van der Waals surface area contributed by atoms with Crippen LogP contribution in [0.15, 0.2) is 47.8 Å². The number of rotatable bonds is 10. The van der Waals surface area contributed by atoms with Crippen LogP contribution in [-0.2, 0) is 14.3 Å². The van der Waals surface area contributed by atoms with Gasteiger partial charge in [0, 0.05) is 16.5 Å². The van der Waals surface area contributed by atoms with Gasteiger partial charge in [0.15, 0.2) is 23.2 Å². The number of anilines is 1. The second-order valence-electron chi connectivity index (χ2n) is 6.73. The zero-order chi connectivity index (χ0) is 24.5. The topological polar surface area (TPSA) is 125 Å². The lowest BCUT2D eigenvalue weighted by molar-refractivity contribution is -0.141. The minimum Gasteiger partial charge on any atom is -0.497 e. The molecule has 3 aromatic rings. The fraction of sp³-hybridized carbons (Fsp3) is 0.217. The van der Waals surface area contributed by atoms with E-state index in [-0.39, 0.29) is 30.6 Å². The number of thiazole rings is 1. The van der Waals surface area contributed by atoms with E-state index in [0.29, 0.717) is 10.7 Å². The molecule has 34 heavy (non-hydrogen) atoms. The molecule has 0 saturated heterocycles. The minimum atomic E-state index is -0.572. The molecule has 2 amide bonds. The Bertz CT molecular complexity index is 1160. The van der Waals surface area contributed by atoms with Gasteiger partial charge in [-0.25, -0.2) is 4.98 Å². The van der Waals surface area contributed by atoms with Crippen molar-refractivity contribution in [3.63, 3.8) is 0 Å². The molecule has 0 unspecified atom stereocenters. The Morgan fingerprint density at radius 3 is 2.41 bits per heavy atom. The third kappa shape index (κ3) is 6.45. The smallest absolute Gasteiger partial charge is 0.325 e. The summed E-state index contributed by atoms with van der Waals surface area (Å²) in [6.07, 6.45) is 0. The van der Waals surface area contributed by atoms with Crippen LogP contribution in [0.25, 0.3) is 11.3 Å². The summed E-state index contributed by atoms with van der Waals surface area (Å²) < 4.78 is 20.3. The van der Waals surface area contributed by atoms with Crippen LogP contribution in [0.4, 0.5) is 5.13 Å². The van der Waals surface area contributed by atoms with Crippen molar-refractivity contribution in [3.05, 3.63) is 53.4 Å². The van der Waals surface area contributed by atoms with Crippen molar-refractivity contribution in [1.82, 2.24) is 10.3 Å². The van der Waals surface area contributed by atoms with Crippen LogP contribution in [0.5, 0.6) is 17.2 Å². The highest BCUT2D eigenvalue weighted by molar-refractivity contribution is 7.14. The fourth-order valence-electron chi connectivity index (χ4n) is 2.76. The van der Waals surface area contributed by atoms with E-state index in [1.807, 2.05) is 29.6 Å². The molecule has 0 aliphatic rings. The fourth-order valence-corrected chi connectivity index (χ4v) is 3.47. The van der Waals surface area contributed by atoms with Gasteiger partial charge in [-0.05, 0) is 42.5 Å². The molecule has 0 radical (unpaired) electrons. The number of esters is 1. The molecule has 0 bridgehead atoms. The predicted octanol–water partition coefficient (Wildman–Crippen LogP) is 2.75. The molecular formula is C23H23N3O7S. The normalized spacial score (nSPS) is 10.2. The Kier molecular flexibility index (Phi) is 8.41. The Balaban J connectivity index is 1.61. The van der Waals surface area contributed by atoms with Gasteiger partial charge in [0.05, 0.1) is 27.0 Å². The molecule has 0 spiro atoms. The molecule has 11 heteroatoms. The van der Waals surface area contributed by atoms with Gasteiger partial charge < -0.3 is 24.3 Å². The van der Waals surface area contributed by atoms with E-state index in [4.69, 9.17) is 14.2 Å². The molecule has 0 fully saturated rings. The van der Waals surface area contributed by atoms with Crippen LogP contribution in [0.2, 0.25) is 0 Å². The number of amides is 2. The minimum absolute atomic E-state index is 0.258. The number of methoxy groups -OCH3 is 3. The lowest BCUT2D eigenvalue weighted by Gasteiger charge is -2.12. The summed E-state index contributed by atoms with van der Waals surface area (Å²) in [5.74, 6) is -0.176. The van der Waals surface area contributed by atoms with Crippen LogP contribution >= 0.6 is 11.3 Å². The molecule has 0 atom stereocenters. The van der Waals surface area contributed by atoms with E-state index in [1.54, 1.807) is 7.11 Å². The van der Waals surface area contributed by atoms with Gasteiger partial charge >= 0.3 is 5.97 Å². The maximum atomic E-state index is 12.7. The average molecular weight is 486 g/mol. The molecule has 2 N–H and O–H groups in total. The van der Waals surface area contributed by atoms with E-state index >= 15 is 0 Å². The lowest BCUT2D eigenvalue weighted by atomic mass is 10.2. The van der Waals surface area contributed by atoms with Gasteiger partial charge in [0.25, 0.3) is 11.8 Å². The van der Waals surface area contributed by atoms with Crippen LogP contribution in [-0.4, -0.2) is 57.2 Å². The van der Waals surface area contributed by atoms with Gasteiger partial charge in [-0.2, -0.15) is 0 Å². The molecule has 0 saturated carbocycles. The standard InChI is InChI=1S/C23H23N3O7S/c1-30-16-7-4-14(5-8-16)17-13-34-23(25-17)26-22(29)15-6-9-18(19(10-15)31-2)33-12-20(27)24-11-21(28)32-3/h4-10,13H,11-12H2,1-3H3,(H,24,27)(H,25,26,29).